The van der Waals surface area contributed by atoms with Crippen LogP contribution in [0.4, 0.5) is 0 Å². The van der Waals surface area contributed by atoms with Gasteiger partial charge in [-0.15, -0.1) is 0 Å². The Morgan fingerprint density at radius 1 is 1.07 bits per heavy atom. The van der Waals surface area contributed by atoms with Crippen molar-refractivity contribution < 1.29 is 32.2 Å². The molecule has 3 rings (SSSR count). The van der Waals surface area contributed by atoms with Gasteiger partial charge in [0.05, 0.1) is 30.8 Å². The fraction of sp³-hybridized carbons (Fsp3) is 0.333. The van der Waals surface area contributed by atoms with Crippen LogP contribution in [0.5, 0.6) is 5.75 Å². The summed E-state index contributed by atoms with van der Waals surface area (Å²) in [5.41, 5.74) is 1.13. The van der Waals surface area contributed by atoms with Crippen LogP contribution >= 0.6 is 0 Å². The Morgan fingerprint density at radius 3 is 2.47 bits per heavy atom. The summed E-state index contributed by atoms with van der Waals surface area (Å²) < 4.78 is 42.7. The highest BCUT2D eigenvalue weighted by Gasteiger charge is 2.27. The molecule has 1 saturated heterocycles. The number of esters is 1. The van der Waals surface area contributed by atoms with Crippen molar-refractivity contribution in [2.75, 3.05) is 33.4 Å². The fourth-order valence-corrected chi connectivity index (χ4v) is 4.51. The van der Waals surface area contributed by atoms with Crippen LogP contribution < -0.4 is 4.74 Å². The molecule has 0 spiro atoms. The van der Waals surface area contributed by atoms with Gasteiger partial charge in [0.2, 0.25) is 10.0 Å². The van der Waals surface area contributed by atoms with Crippen molar-refractivity contribution in [3.05, 3.63) is 59.2 Å². The van der Waals surface area contributed by atoms with E-state index in [1.807, 2.05) is 0 Å². The maximum atomic E-state index is 12.8. The third-order valence-electron chi connectivity index (χ3n) is 4.72. The molecule has 0 amide bonds. The summed E-state index contributed by atoms with van der Waals surface area (Å²) >= 11 is 0. The number of morpholine rings is 1. The predicted octanol–water partition coefficient (Wildman–Crippen LogP) is 2.28. The number of ketones is 1. The van der Waals surface area contributed by atoms with E-state index in [0.29, 0.717) is 30.1 Å². The molecular formula is C21H23NO7S. The maximum Gasteiger partial charge on any atom is 0.338 e. The molecule has 1 aliphatic heterocycles. The van der Waals surface area contributed by atoms with E-state index in [1.54, 1.807) is 18.2 Å². The summed E-state index contributed by atoms with van der Waals surface area (Å²) in [6.07, 6.45) is 0. The molecule has 30 heavy (non-hydrogen) atoms. The largest absolute Gasteiger partial charge is 0.496 e. The van der Waals surface area contributed by atoms with Gasteiger partial charge in [0.15, 0.2) is 5.78 Å². The number of benzene rings is 2. The normalized spacial score (nSPS) is 14.9. The molecule has 160 valence electrons. The van der Waals surface area contributed by atoms with Gasteiger partial charge in [0.25, 0.3) is 0 Å². The average molecular weight is 433 g/mol. The van der Waals surface area contributed by atoms with Crippen molar-refractivity contribution in [2.45, 2.75) is 18.4 Å². The van der Waals surface area contributed by atoms with Gasteiger partial charge in [-0.25, -0.2) is 13.2 Å². The van der Waals surface area contributed by atoms with E-state index in [4.69, 9.17) is 14.2 Å². The van der Waals surface area contributed by atoms with E-state index in [1.165, 1.54) is 42.6 Å². The van der Waals surface area contributed by atoms with E-state index >= 15 is 0 Å². The summed E-state index contributed by atoms with van der Waals surface area (Å²) in [4.78, 5) is 24.2. The molecule has 0 atom stereocenters. The van der Waals surface area contributed by atoms with Crippen molar-refractivity contribution in [1.82, 2.24) is 4.31 Å². The van der Waals surface area contributed by atoms with Crippen molar-refractivity contribution >= 4 is 21.8 Å². The zero-order valence-corrected chi connectivity index (χ0v) is 17.6. The van der Waals surface area contributed by atoms with Gasteiger partial charge in [-0.05, 0) is 43.3 Å². The van der Waals surface area contributed by atoms with Gasteiger partial charge >= 0.3 is 5.97 Å². The minimum Gasteiger partial charge on any atom is -0.496 e. The van der Waals surface area contributed by atoms with Crippen LogP contribution in [0.15, 0.2) is 47.4 Å². The number of Topliss-reactive ketones (excluding diaryl/α,β-unsaturated/α-hetero) is 1. The number of sulfonamides is 1. The predicted molar refractivity (Wildman–Crippen MR) is 108 cm³/mol. The molecule has 1 heterocycles. The second kappa shape index (κ2) is 9.38. The molecule has 9 heteroatoms. The second-order valence-corrected chi connectivity index (χ2v) is 8.64. The Kier molecular flexibility index (Phi) is 6.86. The smallest absolute Gasteiger partial charge is 0.338 e. The first kappa shape index (κ1) is 21.9. The highest BCUT2D eigenvalue weighted by molar-refractivity contribution is 7.89. The van der Waals surface area contributed by atoms with Gasteiger partial charge in [0.1, 0.15) is 12.4 Å². The molecule has 2 aromatic carbocycles. The number of methoxy groups -OCH3 is 1. The molecule has 1 aliphatic rings. The molecule has 0 unspecified atom stereocenters. The molecule has 0 N–H and O–H groups in total. The van der Waals surface area contributed by atoms with Crippen LogP contribution in [-0.2, 0) is 26.1 Å². The Bertz CT molecular complexity index is 1040. The Labute approximate surface area is 175 Å². The maximum absolute atomic E-state index is 12.8. The highest BCUT2D eigenvalue weighted by atomic mass is 32.2. The van der Waals surface area contributed by atoms with Gasteiger partial charge in [-0.1, -0.05) is 6.07 Å². The molecule has 0 aromatic heterocycles. The lowest BCUT2D eigenvalue weighted by Gasteiger charge is -2.26. The first-order valence-corrected chi connectivity index (χ1v) is 10.8. The third-order valence-corrected chi connectivity index (χ3v) is 6.62. The van der Waals surface area contributed by atoms with E-state index in [2.05, 4.69) is 0 Å². The van der Waals surface area contributed by atoms with Gasteiger partial charge in [-0.2, -0.15) is 4.31 Å². The van der Waals surface area contributed by atoms with Crippen LogP contribution in [0.1, 0.15) is 33.2 Å². The summed E-state index contributed by atoms with van der Waals surface area (Å²) in [7, 11) is -2.24. The average Bonchev–Trinajstić information content (AvgIpc) is 2.77. The fourth-order valence-electron chi connectivity index (χ4n) is 3.06. The Hall–Kier alpha value is -2.75. The quantitative estimate of drug-likeness (QED) is 0.488. The number of rotatable bonds is 7. The van der Waals surface area contributed by atoms with E-state index in [9.17, 15) is 18.0 Å². The number of nitrogens with zero attached hydrogens (tertiary/aromatic N) is 1. The van der Waals surface area contributed by atoms with Gasteiger partial charge in [0, 0.05) is 24.2 Å². The third kappa shape index (κ3) is 4.86. The van der Waals surface area contributed by atoms with Crippen LogP contribution in [-0.4, -0.2) is 57.9 Å². The molecule has 2 aromatic rings. The molecule has 8 nitrogen and oxygen atoms in total. The Morgan fingerprint density at radius 2 is 1.80 bits per heavy atom. The first-order valence-electron chi connectivity index (χ1n) is 9.36. The minimum absolute atomic E-state index is 0.0232. The number of ether oxygens (including phenoxy) is 3. The molecule has 0 aliphatic carbocycles. The van der Waals surface area contributed by atoms with E-state index in [0.717, 1.165) is 0 Å². The second-order valence-electron chi connectivity index (χ2n) is 6.70. The zero-order valence-electron chi connectivity index (χ0n) is 16.8. The lowest BCUT2D eigenvalue weighted by Crippen LogP contribution is -2.40. The summed E-state index contributed by atoms with van der Waals surface area (Å²) in [6.45, 7) is 2.53. The number of carbonyl (C=O) groups excluding carboxylic acids is 2. The SMILES string of the molecule is COc1ccc(C(C)=O)cc1COC(=O)c1cccc(S(=O)(=O)N2CCOCC2)c1. The van der Waals surface area contributed by atoms with Crippen molar-refractivity contribution in [2.24, 2.45) is 0 Å². The molecule has 1 fully saturated rings. The number of hydrogen-bond donors (Lipinski definition) is 0. The van der Waals surface area contributed by atoms with Crippen molar-refractivity contribution in [3.63, 3.8) is 0 Å². The van der Waals surface area contributed by atoms with E-state index < -0.39 is 16.0 Å². The van der Waals surface area contributed by atoms with Gasteiger partial charge < -0.3 is 14.2 Å². The molecular weight excluding hydrogens is 410 g/mol. The lowest BCUT2D eigenvalue weighted by molar-refractivity contribution is 0.0469. The Balaban J connectivity index is 1.76. The van der Waals surface area contributed by atoms with Crippen molar-refractivity contribution in [3.8, 4) is 5.75 Å². The molecule has 0 bridgehead atoms. The molecule has 0 radical (unpaired) electrons. The highest BCUT2D eigenvalue weighted by Crippen LogP contribution is 2.23. The van der Waals surface area contributed by atoms with Crippen molar-refractivity contribution in [1.29, 1.82) is 0 Å². The van der Waals surface area contributed by atoms with Crippen LogP contribution in [0.2, 0.25) is 0 Å². The minimum atomic E-state index is -3.72. The zero-order chi connectivity index (χ0) is 21.7. The monoisotopic (exact) mass is 433 g/mol. The van der Waals surface area contributed by atoms with Crippen LogP contribution in [0.25, 0.3) is 0 Å². The topological polar surface area (TPSA) is 99.2 Å². The number of carbonyl (C=O) groups is 2. The summed E-state index contributed by atoms with van der Waals surface area (Å²) in [5.74, 6) is -0.313. The summed E-state index contributed by atoms with van der Waals surface area (Å²) in [5, 5.41) is 0. The molecule has 0 saturated carbocycles. The van der Waals surface area contributed by atoms with Gasteiger partial charge in [-0.3, -0.25) is 4.79 Å². The van der Waals surface area contributed by atoms with Crippen LogP contribution in [0.3, 0.4) is 0 Å². The number of hydrogen-bond acceptors (Lipinski definition) is 7. The van der Waals surface area contributed by atoms with E-state index in [-0.39, 0.29) is 35.9 Å². The summed E-state index contributed by atoms with van der Waals surface area (Å²) in [6, 6.07) is 10.6. The first-order chi connectivity index (χ1) is 14.3. The lowest BCUT2D eigenvalue weighted by atomic mass is 10.1. The standard InChI is InChI=1S/C21H23NO7S/c1-15(23)16-6-7-20(27-2)18(12-16)14-29-21(24)17-4-3-5-19(13-17)30(25,26)22-8-10-28-11-9-22/h3-7,12-13H,8-11,14H2,1-2H3. The van der Waals surface area contributed by atoms with Crippen LogP contribution in [0, 0.1) is 0 Å².